The van der Waals surface area contributed by atoms with Gasteiger partial charge in [-0.25, -0.2) is 0 Å². The van der Waals surface area contributed by atoms with Crippen LogP contribution in [0.25, 0.3) is 5.76 Å². The Bertz CT molecular complexity index is 1670. The van der Waals surface area contributed by atoms with Crippen molar-refractivity contribution in [2.75, 3.05) is 25.2 Å². The fourth-order valence-electron chi connectivity index (χ4n) is 4.78. The Kier molecular flexibility index (Phi) is 7.02. The van der Waals surface area contributed by atoms with Gasteiger partial charge < -0.3 is 24.1 Å². The molecule has 6 rings (SSSR count). The van der Waals surface area contributed by atoms with Crippen molar-refractivity contribution in [3.05, 3.63) is 94.0 Å². The van der Waals surface area contributed by atoms with E-state index in [1.54, 1.807) is 43.3 Å². The summed E-state index contributed by atoms with van der Waals surface area (Å²) >= 11 is 1.17. The second-order valence-electron chi connectivity index (χ2n) is 9.32. The van der Waals surface area contributed by atoms with Crippen molar-refractivity contribution in [1.82, 2.24) is 10.2 Å². The molecule has 3 aromatic carbocycles. The minimum atomic E-state index is -1.01. The van der Waals surface area contributed by atoms with Crippen LogP contribution in [0.5, 0.6) is 23.0 Å². The van der Waals surface area contributed by atoms with E-state index in [1.165, 1.54) is 23.3 Å². The average Bonchev–Trinajstić information content (AvgIpc) is 3.55. The van der Waals surface area contributed by atoms with Crippen molar-refractivity contribution < 1.29 is 33.6 Å². The SMILES string of the molecule is COc1cc([C@H]2C(=C(O)c3ccc4c(c3)OCCO4)C(=O)C(=O)N2c2nnc(C)s2)ccc1OCc1ccccc1. The number of amides is 1. The van der Waals surface area contributed by atoms with E-state index in [4.69, 9.17) is 18.9 Å². The number of fused-ring (bicyclic) bond motifs is 1. The number of hydrogen-bond donors (Lipinski definition) is 1. The maximum absolute atomic E-state index is 13.5. The molecule has 3 heterocycles. The lowest BCUT2D eigenvalue weighted by atomic mass is 9.95. The van der Waals surface area contributed by atoms with Crippen LogP contribution in [0, 0.1) is 6.92 Å². The summed E-state index contributed by atoms with van der Waals surface area (Å²) in [7, 11) is 1.51. The molecule has 208 valence electrons. The van der Waals surface area contributed by atoms with Gasteiger partial charge in [0.25, 0.3) is 5.78 Å². The first-order valence-corrected chi connectivity index (χ1v) is 13.6. The highest BCUT2D eigenvalue weighted by atomic mass is 32.1. The molecule has 2 aliphatic rings. The molecule has 0 bridgehead atoms. The summed E-state index contributed by atoms with van der Waals surface area (Å²) in [5.41, 5.74) is 1.71. The molecule has 1 fully saturated rings. The quantitative estimate of drug-likeness (QED) is 0.189. The summed E-state index contributed by atoms with van der Waals surface area (Å²) in [4.78, 5) is 28.2. The standard InChI is InChI=1S/C30H25N3O7S/c1-17-31-32-30(41-17)33-26(19-8-10-21(23(14-19)37-2)40-16-18-6-4-3-5-7-18)25(28(35)29(33)36)27(34)20-9-11-22-24(15-20)39-13-12-38-22/h3-11,14-15,26,34H,12-13,16H2,1-2H3/t26-/m0/s1. The number of carbonyl (C=O) groups is 2. The molecule has 1 aromatic heterocycles. The Hall–Kier alpha value is -4.90. The van der Waals surface area contributed by atoms with Gasteiger partial charge in [0.15, 0.2) is 23.0 Å². The van der Waals surface area contributed by atoms with Crippen LogP contribution in [0.15, 0.2) is 72.3 Å². The van der Waals surface area contributed by atoms with Gasteiger partial charge in [0.2, 0.25) is 5.13 Å². The number of rotatable bonds is 7. The molecular weight excluding hydrogens is 546 g/mol. The largest absolute Gasteiger partial charge is 0.507 e. The van der Waals surface area contributed by atoms with Crippen LogP contribution < -0.4 is 23.8 Å². The summed E-state index contributed by atoms with van der Waals surface area (Å²) in [6, 6.07) is 18.7. The van der Waals surface area contributed by atoms with Gasteiger partial charge in [-0.3, -0.25) is 14.5 Å². The summed E-state index contributed by atoms with van der Waals surface area (Å²) in [6.07, 6.45) is 0. The summed E-state index contributed by atoms with van der Waals surface area (Å²) in [5, 5.41) is 20.5. The number of ketones is 1. The number of nitrogens with zero attached hydrogens (tertiary/aromatic N) is 3. The maximum Gasteiger partial charge on any atom is 0.301 e. The van der Waals surface area contributed by atoms with Crippen molar-refractivity contribution in [3.63, 3.8) is 0 Å². The third kappa shape index (κ3) is 4.95. The Morgan fingerprint density at radius 3 is 2.51 bits per heavy atom. The number of aromatic nitrogens is 2. The Balaban J connectivity index is 1.44. The first-order chi connectivity index (χ1) is 19.9. The number of anilines is 1. The fourth-order valence-corrected chi connectivity index (χ4v) is 5.50. The van der Waals surface area contributed by atoms with Gasteiger partial charge in [-0.2, -0.15) is 0 Å². The summed E-state index contributed by atoms with van der Waals surface area (Å²) in [5.74, 6) is -0.172. The third-order valence-electron chi connectivity index (χ3n) is 6.72. The van der Waals surface area contributed by atoms with Gasteiger partial charge in [0.05, 0.1) is 18.7 Å². The lowest BCUT2D eigenvalue weighted by molar-refractivity contribution is -0.132. The van der Waals surface area contributed by atoms with Crippen molar-refractivity contribution in [3.8, 4) is 23.0 Å². The third-order valence-corrected chi connectivity index (χ3v) is 7.56. The summed E-state index contributed by atoms with van der Waals surface area (Å²) in [6.45, 7) is 2.85. The molecule has 0 radical (unpaired) electrons. The van der Waals surface area contributed by atoms with E-state index < -0.39 is 17.7 Å². The molecule has 0 unspecified atom stereocenters. The van der Waals surface area contributed by atoms with Crippen LogP contribution in [0.2, 0.25) is 0 Å². The lowest BCUT2D eigenvalue weighted by Crippen LogP contribution is -2.29. The second-order valence-corrected chi connectivity index (χ2v) is 10.5. The molecule has 1 saturated heterocycles. The molecule has 41 heavy (non-hydrogen) atoms. The van der Waals surface area contributed by atoms with Crippen molar-refractivity contribution >= 4 is 33.9 Å². The van der Waals surface area contributed by atoms with Crippen molar-refractivity contribution in [2.24, 2.45) is 0 Å². The van der Waals surface area contributed by atoms with E-state index in [1.807, 2.05) is 30.3 Å². The van der Waals surface area contributed by atoms with Crippen LogP contribution in [-0.4, -0.2) is 47.3 Å². The molecule has 0 aliphatic carbocycles. The van der Waals surface area contributed by atoms with Gasteiger partial charge in [-0.1, -0.05) is 47.7 Å². The smallest absolute Gasteiger partial charge is 0.301 e. The molecule has 10 nitrogen and oxygen atoms in total. The normalized spacial score (nSPS) is 17.5. The molecule has 0 saturated carbocycles. The zero-order valence-electron chi connectivity index (χ0n) is 22.2. The first-order valence-electron chi connectivity index (χ1n) is 12.8. The zero-order valence-corrected chi connectivity index (χ0v) is 23.0. The number of Topliss-reactive ketones (excluding diaryl/α,β-unsaturated/α-hetero) is 1. The predicted octanol–water partition coefficient (Wildman–Crippen LogP) is 4.83. The van der Waals surface area contributed by atoms with Crippen LogP contribution in [0.1, 0.15) is 27.7 Å². The van der Waals surface area contributed by atoms with Gasteiger partial charge in [-0.05, 0) is 48.4 Å². The van der Waals surface area contributed by atoms with E-state index in [-0.39, 0.29) is 16.5 Å². The number of ether oxygens (including phenoxy) is 4. The maximum atomic E-state index is 13.5. The Labute approximate surface area is 239 Å². The number of methoxy groups -OCH3 is 1. The van der Waals surface area contributed by atoms with Gasteiger partial charge >= 0.3 is 5.91 Å². The van der Waals surface area contributed by atoms with E-state index in [0.29, 0.717) is 59.0 Å². The topological polar surface area (TPSA) is 120 Å². The molecule has 11 heteroatoms. The first kappa shape index (κ1) is 26.3. The predicted molar refractivity (Wildman–Crippen MR) is 151 cm³/mol. The number of carbonyl (C=O) groups excluding carboxylic acids is 2. The molecule has 1 amide bonds. The number of aliphatic hydroxyl groups excluding tert-OH is 1. The van der Waals surface area contributed by atoms with E-state index in [0.717, 1.165) is 5.56 Å². The van der Waals surface area contributed by atoms with E-state index in [9.17, 15) is 14.7 Å². The monoisotopic (exact) mass is 571 g/mol. The van der Waals surface area contributed by atoms with Gasteiger partial charge in [0, 0.05) is 5.56 Å². The highest BCUT2D eigenvalue weighted by Gasteiger charge is 2.48. The number of hydrogen-bond acceptors (Lipinski definition) is 10. The Morgan fingerprint density at radius 2 is 1.78 bits per heavy atom. The lowest BCUT2D eigenvalue weighted by Gasteiger charge is -2.24. The van der Waals surface area contributed by atoms with E-state index >= 15 is 0 Å². The van der Waals surface area contributed by atoms with E-state index in [2.05, 4.69) is 10.2 Å². The van der Waals surface area contributed by atoms with Crippen LogP contribution in [0.3, 0.4) is 0 Å². The second kappa shape index (κ2) is 10.9. The molecule has 2 aliphatic heterocycles. The zero-order chi connectivity index (χ0) is 28.5. The van der Waals surface area contributed by atoms with Crippen molar-refractivity contribution in [2.45, 2.75) is 19.6 Å². The van der Waals surface area contributed by atoms with Crippen LogP contribution >= 0.6 is 11.3 Å². The van der Waals surface area contributed by atoms with Crippen LogP contribution in [0.4, 0.5) is 5.13 Å². The number of aryl methyl sites for hydroxylation is 1. The minimum absolute atomic E-state index is 0.0977. The average molecular weight is 572 g/mol. The Morgan fingerprint density at radius 1 is 1.00 bits per heavy atom. The van der Waals surface area contributed by atoms with Crippen molar-refractivity contribution in [1.29, 1.82) is 0 Å². The van der Waals surface area contributed by atoms with Crippen LogP contribution in [-0.2, 0) is 16.2 Å². The molecule has 4 aromatic rings. The number of aliphatic hydroxyl groups is 1. The van der Waals surface area contributed by atoms with Gasteiger partial charge in [0.1, 0.15) is 30.6 Å². The van der Waals surface area contributed by atoms with Gasteiger partial charge in [-0.15, -0.1) is 10.2 Å². The fraction of sp³-hybridized carbons (Fsp3) is 0.200. The number of benzene rings is 3. The molecular formula is C30H25N3O7S. The highest BCUT2D eigenvalue weighted by molar-refractivity contribution is 7.15. The molecule has 1 N–H and O–H groups in total. The molecule has 0 spiro atoms. The molecule has 1 atom stereocenters. The minimum Gasteiger partial charge on any atom is -0.507 e. The summed E-state index contributed by atoms with van der Waals surface area (Å²) < 4.78 is 22.9. The highest BCUT2D eigenvalue weighted by Crippen LogP contribution is 2.45.